The predicted octanol–water partition coefficient (Wildman–Crippen LogP) is 6.07. The molecule has 1 aromatic carbocycles. The van der Waals surface area contributed by atoms with Crippen LogP contribution >= 0.6 is 0 Å². The van der Waals surface area contributed by atoms with E-state index in [4.69, 9.17) is 19.2 Å². The number of hydrogen-bond acceptors (Lipinski definition) is 8. The summed E-state index contributed by atoms with van der Waals surface area (Å²) in [5, 5.41) is 3.32. The third-order valence-electron chi connectivity index (χ3n) is 7.30. The first-order chi connectivity index (χ1) is 19.1. The van der Waals surface area contributed by atoms with Crippen LogP contribution in [0.15, 0.2) is 48.8 Å². The van der Waals surface area contributed by atoms with Gasteiger partial charge < -0.3 is 24.4 Å². The molecule has 40 heavy (non-hydrogen) atoms. The summed E-state index contributed by atoms with van der Waals surface area (Å²) >= 11 is 0. The highest BCUT2D eigenvalue weighted by atomic mass is 16.5. The zero-order valence-electron chi connectivity index (χ0n) is 24.6. The summed E-state index contributed by atoms with van der Waals surface area (Å²) < 4.78 is 16.5. The lowest BCUT2D eigenvalue weighted by Gasteiger charge is -2.40. The summed E-state index contributed by atoms with van der Waals surface area (Å²) in [4.78, 5) is 24.5. The van der Waals surface area contributed by atoms with Gasteiger partial charge in [0, 0.05) is 47.9 Å². The van der Waals surface area contributed by atoms with Gasteiger partial charge in [-0.15, -0.1) is 0 Å². The van der Waals surface area contributed by atoms with Crippen molar-refractivity contribution in [1.82, 2.24) is 9.97 Å². The van der Waals surface area contributed by atoms with Gasteiger partial charge in [-0.2, -0.15) is 0 Å². The summed E-state index contributed by atoms with van der Waals surface area (Å²) in [5.74, 6) is 2.13. The Labute approximate surface area is 238 Å². The molecule has 1 N–H and O–H groups in total. The van der Waals surface area contributed by atoms with Crippen molar-refractivity contribution in [3.63, 3.8) is 0 Å². The fourth-order valence-electron chi connectivity index (χ4n) is 4.88. The molecular weight excluding hydrogens is 504 g/mol. The van der Waals surface area contributed by atoms with Crippen LogP contribution in [-0.2, 0) is 16.0 Å². The van der Waals surface area contributed by atoms with Crippen LogP contribution in [0.3, 0.4) is 0 Å². The van der Waals surface area contributed by atoms with Crippen LogP contribution in [0.25, 0.3) is 11.1 Å². The maximum absolute atomic E-state index is 12.7. The predicted molar refractivity (Wildman–Crippen MR) is 159 cm³/mol. The largest absolute Gasteiger partial charge is 0.497 e. The molecule has 4 rings (SSSR count). The molecule has 8 nitrogen and oxygen atoms in total. The van der Waals surface area contributed by atoms with E-state index in [0.29, 0.717) is 18.6 Å². The van der Waals surface area contributed by atoms with Crippen LogP contribution in [0, 0.1) is 12.3 Å². The second-order valence-electron chi connectivity index (χ2n) is 11.3. The molecule has 0 saturated carbocycles. The van der Waals surface area contributed by atoms with Gasteiger partial charge in [0.2, 0.25) is 0 Å². The van der Waals surface area contributed by atoms with Crippen LogP contribution in [0.4, 0.5) is 11.5 Å². The van der Waals surface area contributed by atoms with Crippen molar-refractivity contribution >= 4 is 17.5 Å². The summed E-state index contributed by atoms with van der Waals surface area (Å²) in [7, 11) is 1.64. The molecule has 2 aromatic heterocycles. The SMILES string of the molecule is COc1ccc(OCCNc2ccc(-c3cnc(C)c(CC(=O)OC(C)C)c3N3CCC(C)(C)CC3)cn2)cc1. The first kappa shape index (κ1) is 29.2. The van der Waals surface area contributed by atoms with Gasteiger partial charge in [-0.05, 0) is 75.4 Å². The molecule has 1 aliphatic rings. The number of aryl methyl sites for hydroxylation is 1. The Bertz CT molecular complexity index is 1260. The molecule has 0 bridgehead atoms. The van der Waals surface area contributed by atoms with E-state index in [9.17, 15) is 4.79 Å². The zero-order valence-corrected chi connectivity index (χ0v) is 24.6. The molecule has 214 valence electrons. The molecular formula is C32H42N4O4. The van der Waals surface area contributed by atoms with Gasteiger partial charge >= 0.3 is 5.97 Å². The van der Waals surface area contributed by atoms with E-state index in [0.717, 1.165) is 71.3 Å². The van der Waals surface area contributed by atoms with Crippen molar-refractivity contribution in [1.29, 1.82) is 0 Å². The van der Waals surface area contributed by atoms with Gasteiger partial charge in [-0.3, -0.25) is 9.78 Å². The quantitative estimate of drug-likeness (QED) is 0.229. The lowest BCUT2D eigenvalue weighted by Crippen LogP contribution is -2.38. The molecule has 1 saturated heterocycles. The van der Waals surface area contributed by atoms with Crippen LogP contribution in [0.5, 0.6) is 11.5 Å². The number of benzene rings is 1. The Morgan fingerprint density at radius 1 is 1.02 bits per heavy atom. The fourth-order valence-corrected chi connectivity index (χ4v) is 4.88. The lowest BCUT2D eigenvalue weighted by molar-refractivity contribution is -0.146. The monoisotopic (exact) mass is 546 g/mol. The van der Waals surface area contributed by atoms with E-state index in [-0.39, 0.29) is 18.5 Å². The number of methoxy groups -OCH3 is 1. The first-order valence-corrected chi connectivity index (χ1v) is 14.1. The maximum Gasteiger partial charge on any atom is 0.310 e. The van der Waals surface area contributed by atoms with Crippen molar-refractivity contribution in [2.45, 2.75) is 60.0 Å². The fraction of sp³-hybridized carbons (Fsp3) is 0.469. The molecule has 3 heterocycles. The van der Waals surface area contributed by atoms with Crippen LogP contribution < -0.4 is 19.7 Å². The van der Waals surface area contributed by atoms with Crippen molar-refractivity contribution < 1.29 is 19.0 Å². The van der Waals surface area contributed by atoms with Gasteiger partial charge in [0.15, 0.2) is 0 Å². The normalized spacial score (nSPS) is 14.6. The molecule has 3 aromatic rings. The average molecular weight is 547 g/mol. The van der Waals surface area contributed by atoms with E-state index in [2.05, 4.69) is 35.1 Å². The topological polar surface area (TPSA) is 85.8 Å². The maximum atomic E-state index is 12.7. The zero-order chi connectivity index (χ0) is 28.7. The minimum atomic E-state index is -0.231. The molecule has 0 aliphatic carbocycles. The molecule has 1 fully saturated rings. The van der Waals surface area contributed by atoms with Crippen LogP contribution in [-0.4, -0.2) is 55.4 Å². The van der Waals surface area contributed by atoms with E-state index in [1.165, 1.54) is 0 Å². The second kappa shape index (κ2) is 13.0. The summed E-state index contributed by atoms with van der Waals surface area (Å²) in [6.45, 7) is 13.3. The third kappa shape index (κ3) is 7.64. The lowest BCUT2D eigenvalue weighted by atomic mass is 9.82. The smallest absolute Gasteiger partial charge is 0.310 e. The molecule has 0 unspecified atom stereocenters. The Kier molecular flexibility index (Phi) is 9.50. The number of hydrogen-bond donors (Lipinski definition) is 1. The highest BCUT2D eigenvalue weighted by Gasteiger charge is 2.29. The van der Waals surface area contributed by atoms with Crippen LogP contribution in [0.1, 0.15) is 51.8 Å². The van der Waals surface area contributed by atoms with Crippen molar-refractivity contribution in [2.24, 2.45) is 5.41 Å². The van der Waals surface area contributed by atoms with Gasteiger partial charge in [0.05, 0.1) is 31.9 Å². The number of piperidine rings is 1. The minimum absolute atomic E-state index is 0.158. The van der Waals surface area contributed by atoms with Crippen molar-refractivity contribution in [3.05, 3.63) is 60.0 Å². The van der Waals surface area contributed by atoms with E-state index in [1.807, 2.05) is 63.5 Å². The number of nitrogens with one attached hydrogen (secondary N) is 1. The number of carbonyl (C=O) groups excluding carboxylic acids is 1. The standard InChI is InChI=1S/C32H42N4O4/c1-22(2)40-30(37)19-27-23(3)34-21-28(31(27)36-16-13-32(4,5)14-17-36)24-7-12-29(35-20-24)33-15-18-39-26-10-8-25(38-6)9-11-26/h7-12,20-22H,13-19H2,1-6H3,(H,33,35). The van der Waals surface area contributed by atoms with Gasteiger partial charge in [0.1, 0.15) is 23.9 Å². The van der Waals surface area contributed by atoms with Crippen LogP contribution in [0.2, 0.25) is 0 Å². The number of aromatic nitrogens is 2. The molecule has 8 heteroatoms. The molecule has 0 amide bonds. The van der Waals surface area contributed by atoms with Gasteiger partial charge in [-0.25, -0.2) is 4.98 Å². The highest BCUT2D eigenvalue weighted by Crippen LogP contribution is 2.40. The number of pyridine rings is 2. The molecule has 0 spiro atoms. The summed E-state index contributed by atoms with van der Waals surface area (Å²) in [6, 6.07) is 11.6. The van der Waals surface area contributed by atoms with E-state index >= 15 is 0 Å². The molecule has 0 atom stereocenters. The average Bonchev–Trinajstić information content (AvgIpc) is 2.93. The Morgan fingerprint density at radius 3 is 2.35 bits per heavy atom. The van der Waals surface area contributed by atoms with Gasteiger partial charge in [0.25, 0.3) is 0 Å². The number of anilines is 2. The Balaban J connectivity index is 1.51. The third-order valence-corrected chi connectivity index (χ3v) is 7.30. The minimum Gasteiger partial charge on any atom is -0.497 e. The number of nitrogens with zero attached hydrogens (tertiary/aromatic N) is 3. The number of ether oxygens (including phenoxy) is 3. The number of esters is 1. The van der Waals surface area contributed by atoms with Gasteiger partial charge in [-0.1, -0.05) is 13.8 Å². The van der Waals surface area contributed by atoms with Crippen molar-refractivity contribution in [2.75, 3.05) is 43.6 Å². The second-order valence-corrected chi connectivity index (χ2v) is 11.3. The highest BCUT2D eigenvalue weighted by molar-refractivity contribution is 5.85. The summed E-state index contributed by atoms with van der Waals surface area (Å²) in [5.41, 5.74) is 5.11. The summed E-state index contributed by atoms with van der Waals surface area (Å²) in [6.07, 6.45) is 5.99. The first-order valence-electron chi connectivity index (χ1n) is 14.1. The van der Waals surface area contributed by atoms with E-state index < -0.39 is 0 Å². The van der Waals surface area contributed by atoms with E-state index in [1.54, 1.807) is 7.11 Å². The number of rotatable bonds is 11. The molecule has 0 radical (unpaired) electrons. The van der Waals surface area contributed by atoms with Crippen molar-refractivity contribution in [3.8, 4) is 22.6 Å². The Hall–Kier alpha value is -3.81. The Morgan fingerprint density at radius 2 is 1.73 bits per heavy atom. The molecule has 1 aliphatic heterocycles. The number of carbonyl (C=O) groups is 1.